The van der Waals surface area contributed by atoms with Gasteiger partial charge in [0.1, 0.15) is 29.2 Å². The smallest absolute Gasteiger partial charge is 0.284 e. The van der Waals surface area contributed by atoms with Crippen molar-refractivity contribution >= 4 is 43.5 Å². The summed E-state index contributed by atoms with van der Waals surface area (Å²) in [7, 11) is -1.81. The summed E-state index contributed by atoms with van der Waals surface area (Å²) in [5.41, 5.74) is 1.62. The van der Waals surface area contributed by atoms with E-state index in [9.17, 15) is 12.8 Å². The van der Waals surface area contributed by atoms with Crippen molar-refractivity contribution in [3.63, 3.8) is 0 Å². The number of pyridine rings is 1. The molecule has 3 aliphatic heterocycles. The van der Waals surface area contributed by atoms with Gasteiger partial charge in [0.15, 0.2) is 11.6 Å². The number of piperazine rings is 1. The van der Waals surface area contributed by atoms with Crippen LogP contribution in [0.3, 0.4) is 0 Å². The number of rotatable bonds is 9. The highest BCUT2D eigenvalue weighted by molar-refractivity contribution is 7.89. The first kappa shape index (κ1) is 34.9. The van der Waals surface area contributed by atoms with Crippen LogP contribution in [0.5, 0.6) is 0 Å². The van der Waals surface area contributed by atoms with Gasteiger partial charge in [-0.2, -0.15) is 13.4 Å². The number of hydrogen-bond donors (Lipinski definition) is 1. The molecule has 0 spiro atoms. The quantitative estimate of drug-likeness (QED) is 0.198. The molecule has 3 aromatic heterocycles. The fraction of sp³-hybridized carbons (Fsp3) is 0.341. The Labute approximate surface area is 322 Å². The van der Waals surface area contributed by atoms with Crippen LogP contribution in [0.2, 0.25) is 0 Å². The van der Waals surface area contributed by atoms with Gasteiger partial charge in [-0.05, 0) is 61.9 Å². The molecular weight excluding hydrogens is 735 g/mol. The summed E-state index contributed by atoms with van der Waals surface area (Å²) in [6.45, 7) is 3.31. The Kier molecular flexibility index (Phi) is 8.28. The van der Waals surface area contributed by atoms with Gasteiger partial charge in [-0.15, -0.1) is 15.6 Å². The number of anilines is 2. The lowest BCUT2D eigenvalue weighted by Gasteiger charge is -2.44. The summed E-state index contributed by atoms with van der Waals surface area (Å²) >= 11 is 0. The average Bonchev–Trinajstić information content (AvgIpc) is 3.80. The Morgan fingerprint density at radius 3 is 2.43 bits per heavy atom. The number of nitrogens with one attached hydrogen (secondary N) is 1. The van der Waals surface area contributed by atoms with Crippen LogP contribution in [0.1, 0.15) is 48.6 Å². The standard InChI is InChI=1S/C41H38F2N10O2S/c1-3-31-34(42)16-11-25-5-4-6-32(35(25)31)37-36(43)38-33(17-44-37)40(51-19-27-12-13-28(20-51)46-27)48-41(47-38)52-21-29(22-52)50(2)18-24-7-14-30(15-8-24)56(54,55)53-23-45-39(49-53)26-9-10-26/h1,4-8,11,14-17,23,26-29,46H,9-10,12-13,18-22H2,2H3. The third kappa shape index (κ3) is 5.94. The maximum Gasteiger partial charge on any atom is 0.284 e. The summed E-state index contributed by atoms with van der Waals surface area (Å²) in [6.07, 6.45) is 12.8. The predicted octanol–water partition coefficient (Wildman–Crippen LogP) is 5.07. The topological polar surface area (TPSA) is 125 Å². The molecule has 2 atom stereocenters. The zero-order valence-corrected chi connectivity index (χ0v) is 31.4. The van der Waals surface area contributed by atoms with Gasteiger partial charge >= 0.3 is 0 Å². The van der Waals surface area contributed by atoms with E-state index in [4.69, 9.17) is 16.4 Å². The van der Waals surface area contributed by atoms with E-state index in [0.717, 1.165) is 48.4 Å². The fourth-order valence-electron chi connectivity index (χ4n) is 8.36. The lowest BCUT2D eigenvalue weighted by Crippen LogP contribution is -2.59. The summed E-state index contributed by atoms with van der Waals surface area (Å²) in [6, 6.07) is 15.9. The number of halogens is 2. The molecule has 15 heteroatoms. The van der Waals surface area contributed by atoms with Crippen LogP contribution >= 0.6 is 0 Å². The zero-order valence-electron chi connectivity index (χ0n) is 30.6. The average molecular weight is 773 g/mol. The first-order valence-corrected chi connectivity index (χ1v) is 20.4. The van der Waals surface area contributed by atoms with E-state index in [-0.39, 0.29) is 33.6 Å². The SMILES string of the molecule is C#Cc1c(F)ccc2cccc(-c3ncc4c(N5CC6CCC(C5)N6)nc(N5CC(N(C)Cc6ccc(S(=O)(=O)n7cnc(C8CC8)n7)cc6)C5)nc4c3F)c12. The number of fused-ring (bicyclic) bond motifs is 4. The molecule has 12 nitrogen and oxygen atoms in total. The lowest BCUT2D eigenvalue weighted by atomic mass is 9.96. The van der Waals surface area contributed by atoms with Gasteiger partial charge in [-0.1, -0.05) is 42.3 Å². The molecule has 4 aliphatic rings. The Morgan fingerprint density at radius 2 is 1.70 bits per heavy atom. The lowest BCUT2D eigenvalue weighted by molar-refractivity contribution is 0.196. The second-order valence-corrected chi connectivity index (χ2v) is 17.2. The number of likely N-dealkylation sites (N-methyl/N-ethyl adjacent to an activating group) is 1. The molecule has 1 aliphatic carbocycles. The first-order valence-electron chi connectivity index (χ1n) is 18.9. The van der Waals surface area contributed by atoms with Crippen LogP contribution < -0.4 is 15.1 Å². The van der Waals surface area contributed by atoms with Gasteiger partial charge in [-0.25, -0.2) is 18.7 Å². The molecule has 4 fully saturated rings. The minimum absolute atomic E-state index is 0.0468. The first-order chi connectivity index (χ1) is 27.1. The van der Waals surface area contributed by atoms with Crippen molar-refractivity contribution < 1.29 is 17.2 Å². The molecule has 0 radical (unpaired) electrons. The number of benzene rings is 3. The Hall–Kier alpha value is -5.56. The second-order valence-electron chi connectivity index (χ2n) is 15.4. The van der Waals surface area contributed by atoms with E-state index in [1.165, 1.54) is 12.4 Å². The molecule has 6 heterocycles. The molecule has 0 amide bonds. The normalized spacial score (nSPS) is 19.9. The highest BCUT2D eigenvalue weighted by Gasteiger charge is 2.37. The highest BCUT2D eigenvalue weighted by atomic mass is 32.2. The minimum atomic E-state index is -3.84. The molecule has 2 unspecified atom stereocenters. The maximum absolute atomic E-state index is 17.0. The van der Waals surface area contributed by atoms with Gasteiger partial charge < -0.3 is 15.1 Å². The van der Waals surface area contributed by atoms with Crippen molar-refractivity contribution in [2.24, 2.45) is 0 Å². The van der Waals surface area contributed by atoms with Crippen LogP contribution in [0.4, 0.5) is 20.5 Å². The third-order valence-electron chi connectivity index (χ3n) is 11.7. The number of hydrogen-bond acceptors (Lipinski definition) is 11. The molecule has 3 aromatic carbocycles. The van der Waals surface area contributed by atoms with Gasteiger partial charge in [0.25, 0.3) is 10.0 Å². The number of terminal acetylenes is 1. The molecule has 284 valence electrons. The molecule has 10 rings (SSSR count). The van der Waals surface area contributed by atoms with Crippen molar-refractivity contribution in [3.8, 4) is 23.6 Å². The maximum atomic E-state index is 17.0. The van der Waals surface area contributed by atoms with Crippen molar-refractivity contribution in [2.75, 3.05) is 43.0 Å². The Morgan fingerprint density at radius 1 is 0.929 bits per heavy atom. The molecule has 56 heavy (non-hydrogen) atoms. The van der Waals surface area contributed by atoms with Crippen molar-refractivity contribution in [1.29, 1.82) is 0 Å². The minimum Gasteiger partial charge on any atom is -0.353 e. The van der Waals surface area contributed by atoms with E-state index in [1.807, 2.05) is 30.1 Å². The fourth-order valence-corrected chi connectivity index (χ4v) is 9.42. The van der Waals surface area contributed by atoms with E-state index >= 15 is 4.39 Å². The van der Waals surface area contributed by atoms with Gasteiger partial charge in [0, 0.05) is 73.9 Å². The van der Waals surface area contributed by atoms with E-state index in [2.05, 4.69) is 36.1 Å². The zero-order chi connectivity index (χ0) is 38.3. The van der Waals surface area contributed by atoms with Gasteiger partial charge in [-0.3, -0.25) is 9.88 Å². The second kappa shape index (κ2) is 13.3. The molecule has 2 bridgehead atoms. The van der Waals surface area contributed by atoms with Gasteiger partial charge in [0.2, 0.25) is 5.95 Å². The van der Waals surface area contributed by atoms with E-state index < -0.39 is 21.7 Å². The Balaban J connectivity index is 0.926. The van der Waals surface area contributed by atoms with Crippen molar-refractivity contribution in [1.82, 2.24) is 39.3 Å². The largest absolute Gasteiger partial charge is 0.353 e. The van der Waals surface area contributed by atoms with E-state index in [1.54, 1.807) is 36.5 Å². The third-order valence-corrected chi connectivity index (χ3v) is 13.2. The highest BCUT2D eigenvalue weighted by Crippen LogP contribution is 2.39. The van der Waals surface area contributed by atoms with Crippen LogP contribution in [-0.2, 0) is 16.6 Å². The number of nitrogens with zero attached hydrogens (tertiary/aromatic N) is 9. The molecule has 6 aromatic rings. The van der Waals surface area contributed by atoms with Crippen molar-refractivity contribution in [2.45, 2.75) is 61.2 Å². The van der Waals surface area contributed by atoms with Crippen molar-refractivity contribution in [3.05, 3.63) is 95.7 Å². The molecular formula is C41H38F2N10O2S. The molecule has 1 N–H and O–H groups in total. The van der Waals surface area contributed by atoms with Crippen LogP contribution in [0.15, 0.2) is 72.0 Å². The van der Waals surface area contributed by atoms with Crippen LogP contribution in [-0.4, -0.2) is 93.8 Å². The predicted molar refractivity (Wildman–Crippen MR) is 209 cm³/mol. The van der Waals surface area contributed by atoms with Gasteiger partial charge in [0.05, 0.1) is 15.8 Å². The number of aromatic nitrogens is 6. The summed E-state index contributed by atoms with van der Waals surface area (Å²) in [4.78, 5) is 25.4. The van der Waals surface area contributed by atoms with Crippen LogP contribution in [0.25, 0.3) is 32.9 Å². The monoisotopic (exact) mass is 772 g/mol. The summed E-state index contributed by atoms with van der Waals surface area (Å²) in [5, 5.41) is 9.51. The van der Waals surface area contributed by atoms with Crippen LogP contribution in [0, 0.1) is 24.0 Å². The summed E-state index contributed by atoms with van der Waals surface area (Å²) < 4.78 is 59.2. The molecule has 1 saturated carbocycles. The molecule has 3 saturated heterocycles. The Bertz CT molecular complexity index is 2680. The van der Waals surface area contributed by atoms with E-state index in [0.29, 0.717) is 71.0 Å². The summed E-state index contributed by atoms with van der Waals surface area (Å²) in [5.74, 6) is 3.20.